The van der Waals surface area contributed by atoms with E-state index in [-0.39, 0.29) is 25.2 Å². The fraction of sp³-hybridized carbons (Fsp3) is 0.0303. The molecule has 5 rings (SSSR count). The molecule has 8 nitrogen and oxygen atoms in total. The van der Waals surface area contributed by atoms with Gasteiger partial charge in [0, 0.05) is 60.2 Å². The molecule has 0 aliphatic heterocycles. The Bertz CT molecular complexity index is 1390. The van der Waals surface area contributed by atoms with Crippen LogP contribution in [0.3, 0.4) is 0 Å². The molecule has 0 aliphatic carbocycles. The number of rotatable bonds is 6. The zero-order valence-electron chi connectivity index (χ0n) is 22.9. The molecule has 0 N–H and O–H groups in total. The number of nitrogens with zero attached hydrogens (tertiary/aromatic N) is 6. The molecule has 42 heavy (non-hydrogen) atoms. The fourth-order valence-corrected chi connectivity index (χ4v) is 2.78. The monoisotopic (exact) mass is 643 g/mol. The van der Waals surface area contributed by atoms with Crippen LogP contribution in [0, 0.1) is 0 Å². The van der Waals surface area contributed by atoms with Crippen LogP contribution in [-0.2, 0) is 19.5 Å². The molecule has 0 aliphatic rings. The van der Waals surface area contributed by atoms with Crippen LogP contribution in [0.1, 0.15) is 33.3 Å². The van der Waals surface area contributed by atoms with E-state index in [0.29, 0.717) is 16.8 Å². The summed E-state index contributed by atoms with van der Waals surface area (Å²) in [6.07, 6.45) is 20.1. The molecule has 0 bridgehead atoms. The second-order valence-electron chi connectivity index (χ2n) is 7.72. The van der Waals surface area contributed by atoms with Crippen LogP contribution >= 0.6 is 0 Å². The summed E-state index contributed by atoms with van der Waals surface area (Å²) >= 11 is 0. The number of hydrogen-bond acceptors (Lipinski definition) is 7. The number of carbonyl (C=O) groups excluding carboxylic acids is 2. The molecule has 1 radical (unpaired) electrons. The minimum atomic E-state index is 0. The average Bonchev–Trinajstić information content (AvgIpc) is 3.07. The SMILES string of the molecule is C/C=C\C=C/C(=[N-])c1ccccn1.O=Cc1cccnc1.O=Cc1cccnc1.[Ru+3].c1ccc(-c2ccccn2)nc1. The van der Waals surface area contributed by atoms with Gasteiger partial charge < -0.3 is 5.41 Å². The van der Waals surface area contributed by atoms with Crippen molar-refractivity contribution >= 4 is 18.3 Å². The quantitative estimate of drug-likeness (QED) is 0.0897. The first-order valence-electron chi connectivity index (χ1n) is 12.5. The normalized spacial score (nSPS) is 9.45. The Morgan fingerprint density at radius 2 is 1.12 bits per heavy atom. The topological polar surface area (TPSA) is 121 Å². The van der Waals surface area contributed by atoms with Gasteiger partial charge in [0.15, 0.2) is 12.6 Å². The van der Waals surface area contributed by atoms with Gasteiger partial charge in [-0.3, -0.25) is 34.5 Å². The molecular formula is C33H29N6O2Ru+2. The van der Waals surface area contributed by atoms with Gasteiger partial charge in [-0.2, -0.15) is 0 Å². The van der Waals surface area contributed by atoms with Gasteiger partial charge in [0.25, 0.3) is 0 Å². The van der Waals surface area contributed by atoms with Crippen molar-refractivity contribution in [2.24, 2.45) is 0 Å². The summed E-state index contributed by atoms with van der Waals surface area (Å²) in [5.41, 5.74) is 3.83. The molecule has 0 saturated heterocycles. The van der Waals surface area contributed by atoms with E-state index in [1.54, 1.807) is 73.5 Å². The third-order valence-corrected chi connectivity index (χ3v) is 4.72. The molecule has 209 valence electrons. The Balaban J connectivity index is 0.000000284. The van der Waals surface area contributed by atoms with Crippen molar-refractivity contribution in [3.63, 3.8) is 0 Å². The molecule has 0 saturated carbocycles. The second kappa shape index (κ2) is 22.7. The van der Waals surface area contributed by atoms with Crippen LogP contribution in [0.4, 0.5) is 0 Å². The van der Waals surface area contributed by atoms with E-state index in [0.717, 1.165) is 24.0 Å². The molecule has 9 heteroatoms. The molecule has 0 amide bonds. The van der Waals surface area contributed by atoms with E-state index in [4.69, 9.17) is 0 Å². The molecule has 0 fully saturated rings. The first kappa shape index (κ1) is 34.9. The summed E-state index contributed by atoms with van der Waals surface area (Å²) in [4.78, 5) is 39.7. The first-order chi connectivity index (χ1) is 20.2. The van der Waals surface area contributed by atoms with E-state index in [2.05, 4.69) is 24.9 Å². The minimum absolute atomic E-state index is 0. The molecule has 0 spiro atoms. The van der Waals surface area contributed by atoms with Gasteiger partial charge in [0.05, 0.1) is 11.4 Å². The summed E-state index contributed by atoms with van der Waals surface area (Å²) in [6, 6.07) is 23.9. The summed E-state index contributed by atoms with van der Waals surface area (Å²) in [5.74, 6) is 0. The molecule has 0 unspecified atom stereocenters. The third kappa shape index (κ3) is 14.9. The van der Waals surface area contributed by atoms with Crippen LogP contribution in [-0.4, -0.2) is 43.2 Å². The fourth-order valence-electron chi connectivity index (χ4n) is 2.78. The molecule has 5 heterocycles. The smallest absolute Gasteiger partial charge is 0.802 e. The van der Waals surface area contributed by atoms with Crippen LogP contribution in [0.15, 0.2) is 147 Å². The predicted octanol–water partition coefficient (Wildman–Crippen LogP) is 6.50. The Kier molecular flexibility index (Phi) is 18.8. The molecule has 5 aromatic rings. The number of carbonyl (C=O) groups is 2. The van der Waals surface area contributed by atoms with Crippen molar-refractivity contribution in [3.05, 3.63) is 169 Å². The molecule has 0 atom stereocenters. The summed E-state index contributed by atoms with van der Waals surface area (Å²) in [5, 5.41) is 9.48. The van der Waals surface area contributed by atoms with Crippen molar-refractivity contribution in [1.82, 2.24) is 24.9 Å². The largest absolute Gasteiger partial charge is 3.00 e. The van der Waals surface area contributed by atoms with Crippen LogP contribution in [0.25, 0.3) is 16.8 Å². The van der Waals surface area contributed by atoms with E-state index < -0.39 is 0 Å². The van der Waals surface area contributed by atoms with E-state index >= 15 is 0 Å². The van der Waals surface area contributed by atoms with E-state index in [1.165, 1.54) is 12.4 Å². The predicted molar refractivity (Wildman–Crippen MR) is 162 cm³/mol. The van der Waals surface area contributed by atoms with Crippen molar-refractivity contribution in [2.45, 2.75) is 6.92 Å². The van der Waals surface area contributed by atoms with Gasteiger partial charge in [-0.1, -0.05) is 42.5 Å². The van der Waals surface area contributed by atoms with Crippen molar-refractivity contribution in [3.8, 4) is 11.4 Å². The zero-order chi connectivity index (χ0) is 29.4. The second-order valence-corrected chi connectivity index (χ2v) is 7.72. The molecular weight excluding hydrogens is 613 g/mol. The van der Waals surface area contributed by atoms with Gasteiger partial charge in [-0.15, -0.1) is 5.71 Å². The maximum absolute atomic E-state index is 9.97. The number of aldehydes is 2. The van der Waals surface area contributed by atoms with Crippen molar-refractivity contribution < 1.29 is 29.1 Å². The zero-order valence-corrected chi connectivity index (χ0v) is 24.6. The Hall–Kier alpha value is -5.14. The average molecular weight is 643 g/mol. The molecule has 0 aromatic carbocycles. The number of hydrogen-bond donors (Lipinski definition) is 0. The maximum Gasteiger partial charge on any atom is 3.00 e. The Morgan fingerprint density at radius 3 is 1.45 bits per heavy atom. The van der Waals surface area contributed by atoms with Crippen LogP contribution in [0.5, 0.6) is 0 Å². The summed E-state index contributed by atoms with van der Waals surface area (Å²) in [6.45, 7) is 1.92. The van der Waals surface area contributed by atoms with Gasteiger partial charge in [-0.05, 0) is 67.6 Å². The van der Waals surface area contributed by atoms with Crippen molar-refractivity contribution in [2.75, 3.05) is 0 Å². The van der Waals surface area contributed by atoms with Gasteiger partial charge in [0.1, 0.15) is 0 Å². The first-order valence-corrected chi connectivity index (χ1v) is 12.5. The van der Waals surface area contributed by atoms with Gasteiger partial charge in [-0.25, -0.2) is 0 Å². The minimum Gasteiger partial charge on any atom is -0.802 e. The standard InChI is InChI=1S/C11H11N2.C10H8N2.2C6H5NO.Ru/c1-2-3-4-7-10(12)11-8-5-6-9-13-11;1-3-7-11-9(5-1)10-6-2-4-8-12-10;2*8-5-6-2-1-3-7-4-6;/h2-9H,1H3;1-8H;2*1-5H;/q-1;;;;+3/b3-2-,7-4-;;;;. The maximum atomic E-state index is 9.97. The van der Waals surface area contributed by atoms with Gasteiger partial charge in [0.2, 0.25) is 0 Å². The van der Waals surface area contributed by atoms with Crippen molar-refractivity contribution in [1.29, 1.82) is 0 Å². The number of pyridine rings is 5. The van der Waals surface area contributed by atoms with Crippen LogP contribution < -0.4 is 0 Å². The summed E-state index contributed by atoms with van der Waals surface area (Å²) in [7, 11) is 0. The molecule has 5 aromatic heterocycles. The van der Waals surface area contributed by atoms with E-state index in [9.17, 15) is 15.0 Å². The summed E-state index contributed by atoms with van der Waals surface area (Å²) < 4.78 is 0. The number of allylic oxidation sites excluding steroid dienone is 4. The third-order valence-electron chi connectivity index (χ3n) is 4.72. The Morgan fingerprint density at radius 1 is 0.619 bits per heavy atom. The van der Waals surface area contributed by atoms with Crippen LogP contribution in [0.2, 0.25) is 0 Å². The number of aromatic nitrogens is 5. The Labute approximate surface area is 258 Å². The van der Waals surface area contributed by atoms with Gasteiger partial charge >= 0.3 is 19.5 Å². The van der Waals surface area contributed by atoms with E-state index in [1.807, 2.05) is 67.6 Å².